The van der Waals surface area contributed by atoms with Gasteiger partial charge in [-0.3, -0.25) is 5.01 Å². The van der Waals surface area contributed by atoms with Gasteiger partial charge in [0.1, 0.15) is 0 Å². The van der Waals surface area contributed by atoms with E-state index in [4.69, 9.17) is 5.73 Å². The lowest BCUT2D eigenvalue weighted by Crippen LogP contribution is -2.45. The van der Waals surface area contributed by atoms with Crippen LogP contribution in [0.5, 0.6) is 0 Å². The Bertz CT molecular complexity index is 125. The van der Waals surface area contributed by atoms with Gasteiger partial charge in [-0.05, 0) is 6.42 Å². The van der Waals surface area contributed by atoms with Crippen molar-refractivity contribution in [2.75, 3.05) is 20.6 Å². The number of nitrogens with zero attached hydrogens (tertiary/aromatic N) is 2. The number of urea groups is 1. The first-order chi connectivity index (χ1) is 5.09. The lowest BCUT2D eigenvalue weighted by molar-refractivity contribution is 0.0672. The van der Waals surface area contributed by atoms with Gasteiger partial charge >= 0.3 is 6.03 Å². The van der Waals surface area contributed by atoms with Gasteiger partial charge in [-0.15, -0.1) is 0 Å². The fraction of sp³-hybridized carbons (Fsp3) is 0.857. The minimum Gasteiger partial charge on any atom is -0.350 e. The van der Waals surface area contributed by atoms with E-state index in [0.29, 0.717) is 6.54 Å². The Morgan fingerprint density at radius 3 is 2.27 bits per heavy atom. The lowest BCUT2D eigenvalue weighted by Gasteiger charge is -2.26. The van der Waals surface area contributed by atoms with Crippen LogP contribution in [0, 0.1) is 0 Å². The first-order valence-corrected chi connectivity index (χ1v) is 3.83. The zero-order chi connectivity index (χ0) is 8.85. The van der Waals surface area contributed by atoms with Gasteiger partial charge < -0.3 is 5.73 Å². The van der Waals surface area contributed by atoms with E-state index in [1.165, 1.54) is 5.01 Å². The highest BCUT2D eigenvalue weighted by Gasteiger charge is 2.09. The fourth-order valence-corrected chi connectivity index (χ4v) is 0.815. The van der Waals surface area contributed by atoms with Crippen LogP contribution in [0.3, 0.4) is 0 Å². The van der Waals surface area contributed by atoms with Crippen LogP contribution in [0.2, 0.25) is 0 Å². The van der Waals surface area contributed by atoms with Crippen molar-refractivity contribution < 1.29 is 4.79 Å². The topological polar surface area (TPSA) is 49.6 Å². The Morgan fingerprint density at radius 2 is 2.00 bits per heavy atom. The molecule has 0 spiro atoms. The molecule has 0 rings (SSSR count). The van der Waals surface area contributed by atoms with E-state index >= 15 is 0 Å². The van der Waals surface area contributed by atoms with Crippen molar-refractivity contribution in [2.24, 2.45) is 5.73 Å². The predicted molar refractivity (Wildman–Crippen MR) is 44.9 cm³/mol. The number of hydrazine groups is 1. The van der Waals surface area contributed by atoms with E-state index in [-0.39, 0.29) is 6.03 Å². The molecule has 0 bridgehead atoms. The SMILES string of the molecule is CCCCN(C(N)=O)N(C)C. The first kappa shape index (κ1) is 10.2. The van der Waals surface area contributed by atoms with Crippen molar-refractivity contribution in [1.29, 1.82) is 0 Å². The molecule has 0 aromatic carbocycles. The average molecular weight is 159 g/mol. The van der Waals surface area contributed by atoms with Crippen LogP contribution in [0.15, 0.2) is 0 Å². The van der Waals surface area contributed by atoms with Crippen molar-refractivity contribution in [2.45, 2.75) is 19.8 Å². The molecule has 0 radical (unpaired) electrons. The summed E-state index contributed by atoms with van der Waals surface area (Å²) in [5.41, 5.74) is 5.12. The second-order valence-corrected chi connectivity index (χ2v) is 2.66. The van der Waals surface area contributed by atoms with Gasteiger partial charge in [-0.2, -0.15) is 0 Å². The molecule has 0 aliphatic carbocycles. The molecule has 0 atom stereocenters. The molecule has 4 heteroatoms. The van der Waals surface area contributed by atoms with Gasteiger partial charge in [0.05, 0.1) is 0 Å². The zero-order valence-electron chi connectivity index (χ0n) is 7.50. The Labute approximate surface area is 67.9 Å². The average Bonchev–Trinajstić information content (AvgIpc) is 1.87. The molecule has 0 aliphatic heterocycles. The number of rotatable bonds is 4. The third-order valence-electron chi connectivity index (χ3n) is 1.46. The number of primary amides is 1. The van der Waals surface area contributed by atoms with E-state index in [2.05, 4.69) is 6.92 Å². The summed E-state index contributed by atoms with van der Waals surface area (Å²) in [6, 6.07) is -0.386. The summed E-state index contributed by atoms with van der Waals surface area (Å²) in [4.78, 5) is 10.8. The first-order valence-electron chi connectivity index (χ1n) is 3.83. The summed E-state index contributed by atoms with van der Waals surface area (Å²) in [6.07, 6.45) is 2.05. The molecule has 11 heavy (non-hydrogen) atoms. The van der Waals surface area contributed by atoms with Crippen molar-refractivity contribution in [3.8, 4) is 0 Å². The highest BCUT2D eigenvalue weighted by Crippen LogP contribution is 1.95. The predicted octanol–water partition coefficient (Wildman–Crippen LogP) is 0.644. The molecular formula is C7H17N3O. The van der Waals surface area contributed by atoms with Gasteiger partial charge in [0.15, 0.2) is 0 Å². The van der Waals surface area contributed by atoms with E-state index in [1.54, 1.807) is 19.1 Å². The zero-order valence-corrected chi connectivity index (χ0v) is 7.50. The maximum absolute atomic E-state index is 10.8. The molecule has 0 aromatic rings. The largest absolute Gasteiger partial charge is 0.350 e. The minimum atomic E-state index is -0.386. The molecule has 0 heterocycles. The summed E-state index contributed by atoms with van der Waals surface area (Å²) in [5.74, 6) is 0. The third-order valence-corrected chi connectivity index (χ3v) is 1.46. The summed E-state index contributed by atoms with van der Waals surface area (Å²) in [6.45, 7) is 2.79. The molecule has 0 aliphatic rings. The molecule has 0 saturated heterocycles. The lowest BCUT2D eigenvalue weighted by atomic mass is 10.3. The van der Waals surface area contributed by atoms with Crippen LogP contribution >= 0.6 is 0 Å². The molecule has 2 amide bonds. The number of carbonyl (C=O) groups excluding carboxylic acids is 1. The summed E-state index contributed by atoms with van der Waals surface area (Å²) < 4.78 is 0. The normalized spacial score (nSPS) is 10.2. The number of hydrogen-bond donors (Lipinski definition) is 1. The van der Waals surface area contributed by atoms with E-state index in [0.717, 1.165) is 12.8 Å². The number of hydrogen-bond acceptors (Lipinski definition) is 2. The van der Waals surface area contributed by atoms with Crippen LogP contribution in [0.1, 0.15) is 19.8 Å². The Hall–Kier alpha value is -0.770. The number of carbonyl (C=O) groups is 1. The van der Waals surface area contributed by atoms with Crippen molar-refractivity contribution >= 4 is 6.03 Å². The van der Waals surface area contributed by atoms with Crippen molar-refractivity contribution in [3.63, 3.8) is 0 Å². The molecule has 0 fully saturated rings. The monoisotopic (exact) mass is 159 g/mol. The van der Waals surface area contributed by atoms with Crippen molar-refractivity contribution in [1.82, 2.24) is 10.0 Å². The minimum absolute atomic E-state index is 0.386. The maximum Gasteiger partial charge on any atom is 0.329 e. The molecule has 2 N–H and O–H groups in total. The highest BCUT2D eigenvalue weighted by molar-refractivity contribution is 5.71. The van der Waals surface area contributed by atoms with Crippen LogP contribution in [-0.4, -0.2) is 36.7 Å². The maximum atomic E-state index is 10.8. The van der Waals surface area contributed by atoms with E-state index in [9.17, 15) is 4.79 Å². The standard InChI is InChI=1S/C7H17N3O/c1-4-5-6-10(7(8)11)9(2)3/h4-6H2,1-3H3,(H2,8,11). The highest BCUT2D eigenvalue weighted by atomic mass is 16.2. The number of unbranched alkanes of at least 4 members (excludes halogenated alkanes) is 1. The smallest absolute Gasteiger partial charge is 0.329 e. The van der Waals surface area contributed by atoms with Crippen LogP contribution in [-0.2, 0) is 0 Å². The van der Waals surface area contributed by atoms with Gasteiger partial charge in [0.25, 0.3) is 0 Å². The van der Waals surface area contributed by atoms with E-state index in [1.807, 2.05) is 0 Å². The fourth-order valence-electron chi connectivity index (χ4n) is 0.815. The second-order valence-electron chi connectivity index (χ2n) is 2.66. The summed E-state index contributed by atoms with van der Waals surface area (Å²) in [7, 11) is 3.61. The Morgan fingerprint density at radius 1 is 1.45 bits per heavy atom. The van der Waals surface area contributed by atoms with Crippen LogP contribution in [0.4, 0.5) is 4.79 Å². The molecular weight excluding hydrogens is 142 g/mol. The van der Waals surface area contributed by atoms with Crippen LogP contribution in [0.25, 0.3) is 0 Å². The summed E-state index contributed by atoms with van der Waals surface area (Å²) >= 11 is 0. The van der Waals surface area contributed by atoms with E-state index < -0.39 is 0 Å². The Kier molecular flexibility index (Phi) is 4.61. The summed E-state index contributed by atoms with van der Waals surface area (Å²) in [5, 5.41) is 3.22. The van der Waals surface area contributed by atoms with Gasteiger partial charge in [-0.1, -0.05) is 13.3 Å². The van der Waals surface area contributed by atoms with Gasteiger partial charge in [0, 0.05) is 20.6 Å². The molecule has 0 unspecified atom stereocenters. The molecule has 66 valence electrons. The number of amides is 2. The number of nitrogens with two attached hydrogens (primary N) is 1. The van der Waals surface area contributed by atoms with Crippen molar-refractivity contribution in [3.05, 3.63) is 0 Å². The molecule has 4 nitrogen and oxygen atoms in total. The molecule has 0 saturated carbocycles. The quantitative estimate of drug-likeness (QED) is 0.612. The third kappa shape index (κ3) is 3.83. The molecule has 0 aromatic heterocycles. The second kappa shape index (κ2) is 4.96. The van der Waals surface area contributed by atoms with Gasteiger partial charge in [-0.25, -0.2) is 9.80 Å². The Balaban J connectivity index is 3.80. The van der Waals surface area contributed by atoms with Crippen LogP contribution < -0.4 is 5.73 Å². The van der Waals surface area contributed by atoms with Gasteiger partial charge in [0.2, 0.25) is 0 Å².